The lowest BCUT2D eigenvalue weighted by Crippen LogP contribution is -2.28. The molecule has 86 valence electrons. The van der Waals surface area contributed by atoms with Gasteiger partial charge in [-0.25, -0.2) is 0 Å². The maximum absolute atomic E-state index is 6.46. The lowest BCUT2D eigenvalue weighted by molar-refractivity contribution is 0.354. The lowest BCUT2D eigenvalue weighted by atomic mass is 9.76. The van der Waals surface area contributed by atoms with Crippen LogP contribution in [0.4, 0.5) is 0 Å². The van der Waals surface area contributed by atoms with Gasteiger partial charge in [0, 0.05) is 6.04 Å². The number of hydrogen-bond donors (Lipinski definition) is 1. The molecule has 1 atom stereocenters. The van der Waals surface area contributed by atoms with Crippen molar-refractivity contribution in [3.8, 4) is 0 Å². The molecule has 16 heavy (non-hydrogen) atoms. The van der Waals surface area contributed by atoms with Gasteiger partial charge in [-0.3, -0.25) is 0 Å². The smallest absolute Gasteiger partial charge is 0.0355 e. The molecule has 1 saturated carbocycles. The first-order chi connectivity index (χ1) is 7.62. The normalized spacial score (nSPS) is 25.9. The predicted molar refractivity (Wildman–Crippen MR) is 67.4 cm³/mol. The molecule has 0 amide bonds. The highest BCUT2D eigenvalue weighted by Crippen LogP contribution is 2.59. The van der Waals surface area contributed by atoms with Gasteiger partial charge in [-0.2, -0.15) is 0 Å². The van der Waals surface area contributed by atoms with Crippen LogP contribution in [0.25, 0.3) is 0 Å². The number of aryl methyl sites for hydroxylation is 1. The number of hydrogen-bond acceptors (Lipinski definition) is 1. The summed E-state index contributed by atoms with van der Waals surface area (Å²) in [6.07, 6.45) is 5.24. The van der Waals surface area contributed by atoms with Gasteiger partial charge >= 0.3 is 0 Å². The zero-order chi connectivity index (χ0) is 11.3. The largest absolute Gasteiger partial charge is 0.323 e. The van der Waals surface area contributed by atoms with Crippen LogP contribution in [0.15, 0.2) is 18.2 Å². The average Bonchev–Trinajstić information content (AvgIpc) is 3.05. The third-order valence-electron chi connectivity index (χ3n) is 4.62. The van der Waals surface area contributed by atoms with Crippen LogP contribution in [0, 0.1) is 5.41 Å². The summed E-state index contributed by atoms with van der Waals surface area (Å²) in [7, 11) is 0. The fourth-order valence-electron chi connectivity index (χ4n) is 3.08. The molecule has 1 nitrogen and oxygen atoms in total. The van der Waals surface area contributed by atoms with Gasteiger partial charge < -0.3 is 5.73 Å². The SMILES string of the molecule is CC(C)c1ccc2c(c1)C(N)C1(CC2)CC1. The summed E-state index contributed by atoms with van der Waals surface area (Å²) in [5.74, 6) is 0.606. The Hall–Kier alpha value is -0.820. The van der Waals surface area contributed by atoms with Crippen LogP contribution >= 0.6 is 0 Å². The minimum absolute atomic E-state index is 0.301. The van der Waals surface area contributed by atoms with Crippen molar-refractivity contribution < 1.29 is 0 Å². The predicted octanol–water partition coefficient (Wildman–Crippen LogP) is 3.54. The molecule has 1 aromatic carbocycles. The molecule has 1 heteroatoms. The summed E-state index contributed by atoms with van der Waals surface area (Å²) < 4.78 is 0. The van der Waals surface area contributed by atoms with E-state index in [1.54, 1.807) is 0 Å². The Morgan fingerprint density at radius 1 is 1.25 bits per heavy atom. The van der Waals surface area contributed by atoms with Crippen LogP contribution < -0.4 is 5.73 Å². The molecule has 1 unspecified atom stereocenters. The van der Waals surface area contributed by atoms with Gasteiger partial charge in [0.25, 0.3) is 0 Å². The van der Waals surface area contributed by atoms with Gasteiger partial charge in [0.2, 0.25) is 0 Å². The van der Waals surface area contributed by atoms with Crippen LogP contribution in [0.2, 0.25) is 0 Å². The Morgan fingerprint density at radius 2 is 2.00 bits per heavy atom. The average molecular weight is 215 g/mol. The fraction of sp³-hybridized carbons (Fsp3) is 0.600. The van der Waals surface area contributed by atoms with Gasteiger partial charge in [0.05, 0.1) is 0 Å². The summed E-state index contributed by atoms with van der Waals surface area (Å²) in [4.78, 5) is 0. The van der Waals surface area contributed by atoms with Crippen molar-refractivity contribution in [1.29, 1.82) is 0 Å². The standard InChI is InChI=1S/C15H21N/c1-10(2)12-4-3-11-5-6-15(7-8-15)14(16)13(11)9-12/h3-4,9-10,14H,5-8,16H2,1-2H3. The molecular formula is C15H21N. The molecule has 2 aliphatic carbocycles. The van der Waals surface area contributed by atoms with Crippen LogP contribution in [0.1, 0.15) is 61.8 Å². The highest BCUT2D eigenvalue weighted by molar-refractivity contribution is 5.40. The second kappa shape index (κ2) is 3.33. The van der Waals surface area contributed by atoms with Gasteiger partial charge in [0.1, 0.15) is 0 Å². The van der Waals surface area contributed by atoms with Crippen LogP contribution in [0.3, 0.4) is 0 Å². The van der Waals surface area contributed by atoms with Crippen molar-refractivity contribution in [2.75, 3.05) is 0 Å². The number of nitrogens with two attached hydrogens (primary N) is 1. The maximum Gasteiger partial charge on any atom is 0.0355 e. The summed E-state index contributed by atoms with van der Waals surface area (Å²) >= 11 is 0. The second-order valence-corrected chi connectivity index (χ2v) is 5.95. The molecular weight excluding hydrogens is 194 g/mol. The first-order valence-corrected chi connectivity index (χ1v) is 6.51. The Labute approximate surface area is 98.0 Å². The minimum Gasteiger partial charge on any atom is -0.323 e. The zero-order valence-corrected chi connectivity index (χ0v) is 10.3. The molecule has 0 bridgehead atoms. The van der Waals surface area contributed by atoms with E-state index in [0.717, 1.165) is 0 Å². The highest BCUT2D eigenvalue weighted by atomic mass is 14.8. The van der Waals surface area contributed by atoms with E-state index < -0.39 is 0 Å². The molecule has 2 aliphatic rings. The molecule has 0 heterocycles. The van der Waals surface area contributed by atoms with E-state index in [1.807, 2.05) is 0 Å². The second-order valence-electron chi connectivity index (χ2n) is 5.95. The first kappa shape index (κ1) is 10.3. The molecule has 2 N–H and O–H groups in total. The molecule has 0 radical (unpaired) electrons. The van der Waals surface area contributed by atoms with E-state index >= 15 is 0 Å². The molecule has 1 fully saturated rings. The lowest BCUT2D eigenvalue weighted by Gasteiger charge is -2.32. The molecule has 0 saturated heterocycles. The number of rotatable bonds is 1. The molecule has 1 aromatic rings. The van der Waals surface area contributed by atoms with Gasteiger partial charge in [-0.05, 0) is 53.7 Å². The Morgan fingerprint density at radius 3 is 2.62 bits per heavy atom. The molecule has 0 aliphatic heterocycles. The van der Waals surface area contributed by atoms with Crippen molar-refractivity contribution >= 4 is 0 Å². The van der Waals surface area contributed by atoms with Gasteiger partial charge in [-0.1, -0.05) is 32.0 Å². The van der Waals surface area contributed by atoms with Crippen LogP contribution in [-0.2, 0) is 6.42 Å². The van der Waals surface area contributed by atoms with Crippen molar-refractivity contribution in [2.45, 2.75) is 51.5 Å². The third-order valence-corrected chi connectivity index (χ3v) is 4.62. The van der Waals surface area contributed by atoms with E-state index in [-0.39, 0.29) is 0 Å². The monoisotopic (exact) mass is 215 g/mol. The zero-order valence-electron chi connectivity index (χ0n) is 10.3. The maximum atomic E-state index is 6.46. The van der Waals surface area contributed by atoms with Crippen molar-refractivity contribution in [1.82, 2.24) is 0 Å². The van der Waals surface area contributed by atoms with Crippen molar-refractivity contribution in [3.63, 3.8) is 0 Å². The van der Waals surface area contributed by atoms with E-state index in [9.17, 15) is 0 Å². The number of fused-ring (bicyclic) bond motifs is 1. The first-order valence-electron chi connectivity index (χ1n) is 6.51. The molecule has 0 aromatic heterocycles. The Kier molecular flexibility index (Phi) is 2.16. The van der Waals surface area contributed by atoms with E-state index in [1.165, 1.54) is 42.4 Å². The third kappa shape index (κ3) is 1.41. The van der Waals surface area contributed by atoms with Crippen molar-refractivity contribution in [3.05, 3.63) is 34.9 Å². The molecule has 1 spiro atoms. The summed E-state index contributed by atoms with van der Waals surface area (Å²) in [6, 6.07) is 7.25. The summed E-state index contributed by atoms with van der Waals surface area (Å²) in [5.41, 5.74) is 11.3. The van der Waals surface area contributed by atoms with Crippen LogP contribution in [-0.4, -0.2) is 0 Å². The van der Waals surface area contributed by atoms with Gasteiger partial charge in [-0.15, -0.1) is 0 Å². The minimum atomic E-state index is 0.301. The number of benzene rings is 1. The van der Waals surface area contributed by atoms with Gasteiger partial charge in [0.15, 0.2) is 0 Å². The topological polar surface area (TPSA) is 26.0 Å². The quantitative estimate of drug-likeness (QED) is 0.762. The van der Waals surface area contributed by atoms with Crippen molar-refractivity contribution in [2.24, 2.45) is 11.1 Å². The van der Waals surface area contributed by atoms with E-state index in [0.29, 0.717) is 17.4 Å². The summed E-state index contributed by atoms with van der Waals surface area (Å²) in [5, 5.41) is 0. The molecule has 3 rings (SSSR count). The highest BCUT2D eigenvalue weighted by Gasteiger charge is 2.50. The fourth-order valence-corrected chi connectivity index (χ4v) is 3.08. The Balaban J connectivity index is 2.03. The summed E-state index contributed by atoms with van der Waals surface area (Å²) in [6.45, 7) is 4.51. The Bertz CT molecular complexity index is 415. The van der Waals surface area contributed by atoms with E-state index in [2.05, 4.69) is 32.0 Å². The van der Waals surface area contributed by atoms with E-state index in [4.69, 9.17) is 5.73 Å². The van der Waals surface area contributed by atoms with Crippen LogP contribution in [0.5, 0.6) is 0 Å².